The molecule has 3 heteroatoms. The summed E-state index contributed by atoms with van der Waals surface area (Å²) in [5.74, 6) is 0. The molecule has 0 fully saturated rings. The van der Waals surface area contributed by atoms with Crippen LogP contribution in [-0.2, 0) is 0 Å². The lowest BCUT2D eigenvalue weighted by molar-refractivity contribution is 0.537. The van der Waals surface area contributed by atoms with Crippen LogP contribution in [0, 0.1) is 0 Å². The lowest BCUT2D eigenvalue weighted by atomic mass is 10.1. The molecule has 0 aromatic carbocycles. The summed E-state index contributed by atoms with van der Waals surface area (Å²) >= 11 is 5.80. The van der Waals surface area contributed by atoms with E-state index in [-0.39, 0.29) is 12.1 Å². The number of pyridine rings is 1. The summed E-state index contributed by atoms with van der Waals surface area (Å²) in [6.07, 6.45) is 3.59. The van der Waals surface area contributed by atoms with Gasteiger partial charge in [-0.25, -0.2) is 4.98 Å². The molecule has 1 aromatic heterocycles. The van der Waals surface area contributed by atoms with Crippen molar-refractivity contribution in [3.8, 4) is 0 Å². The summed E-state index contributed by atoms with van der Waals surface area (Å²) in [4.78, 5) is 3.94. The van der Waals surface area contributed by atoms with Crippen molar-refractivity contribution in [3.63, 3.8) is 0 Å². The van der Waals surface area contributed by atoms with Crippen LogP contribution in [0.2, 0.25) is 5.15 Å². The van der Waals surface area contributed by atoms with Gasteiger partial charge in [0.1, 0.15) is 5.15 Å². The van der Waals surface area contributed by atoms with Crippen LogP contribution in [0.5, 0.6) is 0 Å². The van der Waals surface area contributed by atoms with E-state index in [0.717, 1.165) is 5.56 Å². The zero-order chi connectivity index (χ0) is 10.6. The second-order valence-electron chi connectivity index (χ2n) is 3.32. The van der Waals surface area contributed by atoms with Crippen molar-refractivity contribution in [1.29, 1.82) is 0 Å². The molecule has 1 aromatic rings. The van der Waals surface area contributed by atoms with Crippen LogP contribution in [0.3, 0.4) is 0 Å². The number of halogens is 1. The largest absolute Gasteiger partial charge is 0.304 e. The van der Waals surface area contributed by atoms with E-state index in [0.29, 0.717) is 5.15 Å². The molecule has 76 valence electrons. The zero-order valence-electron chi connectivity index (χ0n) is 8.50. The Bertz CT molecular complexity index is 312. The first-order valence-corrected chi connectivity index (χ1v) is 5.01. The highest BCUT2D eigenvalue weighted by molar-refractivity contribution is 6.29. The Balaban J connectivity index is 2.69. The Morgan fingerprint density at radius 3 is 2.86 bits per heavy atom. The van der Waals surface area contributed by atoms with Gasteiger partial charge in [-0.2, -0.15) is 0 Å². The summed E-state index contributed by atoms with van der Waals surface area (Å²) in [5, 5.41) is 3.90. The first-order chi connectivity index (χ1) is 6.63. The maximum atomic E-state index is 5.80. The van der Waals surface area contributed by atoms with E-state index < -0.39 is 0 Å². The second kappa shape index (κ2) is 5.13. The molecule has 0 saturated carbocycles. The summed E-state index contributed by atoms with van der Waals surface area (Å²) in [6, 6.07) is 4.37. The van der Waals surface area contributed by atoms with Gasteiger partial charge < -0.3 is 5.32 Å². The molecule has 0 radical (unpaired) electrons. The molecular weight excluding hydrogens is 196 g/mol. The molecule has 1 N–H and O–H groups in total. The minimum Gasteiger partial charge on any atom is -0.304 e. The van der Waals surface area contributed by atoms with Crippen LogP contribution in [0.1, 0.15) is 25.5 Å². The van der Waals surface area contributed by atoms with E-state index in [2.05, 4.69) is 30.7 Å². The normalized spacial score (nSPS) is 14.8. The van der Waals surface area contributed by atoms with E-state index in [1.54, 1.807) is 6.20 Å². The fourth-order valence-electron chi connectivity index (χ4n) is 1.25. The molecule has 0 aliphatic heterocycles. The van der Waals surface area contributed by atoms with Crippen LogP contribution in [0.4, 0.5) is 0 Å². The first kappa shape index (κ1) is 11.2. The molecule has 2 nitrogen and oxygen atoms in total. The van der Waals surface area contributed by atoms with Crippen molar-refractivity contribution in [2.75, 3.05) is 0 Å². The van der Waals surface area contributed by atoms with E-state index in [1.165, 1.54) is 0 Å². The van der Waals surface area contributed by atoms with Gasteiger partial charge in [0.15, 0.2) is 0 Å². The van der Waals surface area contributed by atoms with E-state index in [4.69, 9.17) is 11.6 Å². The number of nitrogens with one attached hydrogen (secondary N) is 1. The smallest absolute Gasteiger partial charge is 0.129 e. The monoisotopic (exact) mass is 210 g/mol. The molecule has 0 aliphatic rings. The third-order valence-corrected chi connectivity index (χ3v) is 2.32. The Morgan fingerprint density at radius 2 is 2.29 bits per heavy atom. The fraction of sp³-hybridized carbons (Fsp3) is 0.364. The number of hydrogen-bond donors (Lipinski definition) is 1. The molecule has 14 heavy (non-hydrogen) atoms. The molecule has 2 atom stereocenters. The van der Waals surface area contributed by atoms with Gasteiger partial charge in [-0.3, -0.25) is 0 Å². The molecule has 0 aliphatic carbocycles. The maximum Gasteiger partial charge on any atom is 0.129 e. The predicted molar refractivity (Wildman–Crippen MR) is 60.5 cm³/mol. The Kier molecular flexibility index (Phi) is 4.11. The maximum absolute atomic E-state index is 5.80. The minimum absolute atomic E-state index is 0.253. The third kappa shape index (κ3) is 3.13. The van der Waals surface area contributed by atoms with Gasteiger partial charge in [0.2, 0.25) is 0 Å². The Labute approximate surface area is 90.0 Å². The van der Waals surface area contributed by atoms with Gasteiger partial charge in [0.05, 0.1) is 0 Å². The zero-order valence-corrected chi connectivity index (χ0v) is 9.25. The standard InChI is InChI=1S/C11H15ClN2/c1-4-8(2)14-9(3)10-5-6-13-11(12)7-10/h4-9,14H,1H2,2-3H3. The second-order valence-corrected chi connectivity index (χ2v) is 3.71. The fourth-order valence-corrected chi connectivity index (χ4v) is 1.43. The van der Waals surface area contributed by atoms with E-state index in [1.807, 2.05) is 18.2 Å². The van der Waals surface area contributed by atoms with Crippen LogP contribution >= 0.6 is 11.6 Å². The highest BCUT2D eigenvalue weighted by Gasteiger charge is 2.07. The lowest BCUT2D eigenvalue weighted by Gasteiger charge is -2.17. The summed E-state index contributed by atoms with van der Waals surface area (Å²) in [5.41, 5.74) is 1.14. The number of rotatable bonds is 4. The molecule has 2 unspecified atom stereocenters. The average Bonchev–Trinajstić information content (AvgIpc) is 2.17. The van der Waals surface area contributed by atoms with Crippen LogP contribution in [-0.4, -0.2) is 11.0 Å². The van der Waals surface area contributed by atoms with Crippen LogP contribution < -0.4 is 5.32 Å². The van der Waals surface area contributed by atoms with Crippen molar-refractivity contribution in [1.82, 2.24) is 10.3 Å². The van der Waals surface area contributed by atoms with E-state index in [9.17, 15) is 0 Å². The predicted octanol–water partition coefficient (Wildman–Crippen LogP) is 2.96. The van der Waals surface area contributed by atoms with Crippen molar-refractivity contribution in [3.05, 3.63) is 41.7 Å². The summed E-state index contributed by atoms with van der Waals surface area (Å²) < 4.78 is 0. The average molecular weight is 211 g/mol. The lowest BCUT2D eigenvalue weighted by Crippen LogP contribution is -2.26. The van der Waals surface area contributed by atoms with Gasteiger partial charge in [-0.05, 0) is 31.5 Å². The highest BCUT2D eigenvalue weighted by atomic mass is 35.5. The topological polar surface area (TPSA) is 24.9 Å². The molecular formula is C11H15ClN2. The Hall–Kier alpha value is -0.860. The van der Waals surface area contributed by atoms with Gasteiger partial charge >= 0.3 is 0 Å². The number of hydrogen-bond acceptors (Lipinski definition) is 2. The SMILES string of the molecule is C=CC(C)NC(C)c1ccnc(Cl)c1. The van der Waals surface area contributed by atoms with Crippen molar-refractivity contribution >= 4 is 11.6 Å². The molecule has 0 bridgehead atoms. The van der Waals surface area contributed by atoms with Gasteiger partial charge in [-0.1, -0.05) is 17.7 Å². The van der Waals surface area contributed by atoms with Gasteiger partial charge in [0.25, 0.3) is 0 Å². The first-order valence-electron chi connectivity index (χ1n) is 4.63. The minimum atomic E-state index is 0.253. The van der Waals surface area contributed by atoms with Crippen molar-refractivity contribution < 1.29 is 0 Å². The molecule has 1 rings (SSSR count). The quantitative estimate of drug-likeness (QED) is 0.611. The third-order valence-electron chi connectivity index (χ3n) is 2.12. The van der Waals surface area contributed by atoms with Crippen molar-refractivity contribution in [2.45, 2.75) is 25.9 Å². The summed E-state index contributed by atoms with van der Waals surface area (Å²) in [6.45, 7) is 7.87. The van der Waals surface area contributed by atoms with E-state index >= 15 is 0 Å². The molecule has 0 saturated heterocycles. The summed E-state index contributed by atoms with van der Waals surface area (Å²) in [7, 11) is 0. The highest BCUT2D eigenvalue weighted by Crippen LogP contribution is 2.15. The van der Waals surface area contributed by atoms with Crippen molar-refractivity contribution in [2.24, 2.45) is 0 Å². The number of aromatic nitrogens is 1. The van der Waals surface area contributed by atoms with Gasteiger partial charge in [0, 0.05) is 18.3 Å². The number of nitrogens with zero attached hydrogens (tertiary/aromatic N) is 1. The molecule has 1 heterocycles. The molecule has 0 amide bonds. The van der Waals surface area contributed by atoms with Crippen LogP contribution in [0.15, 0.2) is 31.0 Å². The molecule has 0 spiro atoms. The van der Waals surface area contributed by atoms with Crippen LogP contribution in [0.25, 0.3) is 0 Å². The Morgan fingerprint density at radius 1 is 1.57 bits per heavy atom. The van der Waals surface area contributed by atoms with Gasteiger partial charge in [-0.15, -0.1) is 6.58 Å².